The van der Waals surface area contributed by atoms with Gasteiger partial charge in [-0.2, -0.15) is 5.10 Å². The Hall–Kier alpha value is -1.23. The number of nitrogens with two attached hydrogens (primary N) is 1. The number of nitrogen functional groups attached to an aromatic ring is 1. The summed E-state index contributed by atoms with van der Waals surface area (Å²) in [6, 6.07) is 0.963. The molecule has 1 saturated heterocycles. The molecule has 5 nitrogen and oxygen atoms in total. The molecular weight excluding hydrogens is 238 g/mol. The molecule has 19 heavy (non-hydrogen) atoms. The maximum atomic E-state index is 6.23. The van der Waals surface area contributed by atoms with E-state index < -0.39 is 0 Å². The summed E-state index contributed by atoms with van der Waals surface area (Å²) in [5.74, 6) is 1.11. The number of nitrogens with zero attached hydrogens (tertiary/aromatic N) is 4. The highest BCUT2D eigenvalue weighted by Gasteiger charge is 2.25. The van der Waals surface area contributed by atoms with Crippen molar-refractivity contribution in [3.8, 4) is 0 Å². The van der Waals surface area contributed by atoms with Gasteiger partial charge < -0.3 is 10.6 Å². The third-order valence-corrected chi connectivity index (χ3v) is 3.94. The molecule has 1 aromatic rings. The smallest absolute Gasteiger partial charge is 0.151 e. The molecule has 2 heterocycles. The van der Waals surface area contributed by atoms with Crippen LogP contribution in [0.5, 0.6) is 0 Å². The molecule has 2 N–H and O–H groups in total. The average molecular weight is 265 g/mol. The van der Waals surface area contributed by atoms with E-state index in [1.807, 2.05) is 6.92 Å². The lowest BCUT2D eigenvalue weighted by atomic mass is 10.2. The van der Waals surface area contributed by atoms with E-state index in [0.717, 1.165) is 43.4 Å². The summed E-state index contributed by atoms with van der Waals surface area (Å²) in [5.41, 5.74) is 8.01. The van der Waals surface area contributed by atoms with E-state index in [1.165, 1.54) is 0 Å². The summed E-state index contributed by atoms with van der Waals surface area (Å²) in [6.07, 6.45) is 0. The quantitative estimate of drug-likeness (QED) is 0.906. The van der Waals surface area contributed by atoms with Gasteiger partial charge in [-0.15, -0.1) is 0 Å². The number of aryl methyl sites for hydroxylation is 1. The average Bonchev–Trinajstić information content (AvgIpc) is 2.66. The largest absolute Gasteiger partial charge is 0.394 e. The van der Waals surface area contributed by atoms with Gasteiger partial charge in [0.1, 0.15) is 0 Å². The van der Waals surface area contributed by atoms with Crippen molar-refractivity contribution < 1.29 is 0 Å². The first-order chi connectivity index (χ1) is 8.91. The van der Waals surface area contributed by atoms with Gasteiger partial charge in [0.2, 0.25) is 0 Å². The van der Waals surface area contributed by atoms with Crippen LogP contribution in [0, 0.1) is 6.92 Å². The van der Waals surface area contributed by atoms with Crippen molar-refractivity contribution in [2.45, 2.75) is 46.7 Å². The van der Waals surface area contributed by atoms with Crippen LogP contribution in [0.3, 0.4) is 0 Å². The second-order valence-electron chi connectivity index (χ2n) is 5.98. The first-order valence-corrected chi connectivity index (χ1v) is 7.25. The summed E-state index contributed by atoms with van der Waals surface area (Å²) < 4.78 is 2.07. The molecule has 1 aliphatic heterocycles. The summed E-state index contributed by atoms with van der Waals surface area (Å²) in [6.45, 7) is 15.1. The topological polar surface area (TPSA) is 50.3 Å². The van der Waals surface area contributed by atoms with E-state index in [1.54, 1.807) is 0 Å². The number of anilines is 2. The van der Waals surface area contributed by atoms with E-state index in [2.05, 4.69) is 47.3 Å². The Morgan fingerprint density at radius 3 is 2.05 bits per heavy atom. The second kappa shape index (κ2) is 5.41. The predicted molar refractivity (Wildman–Crippen MR) is 80.7 cm³/mol. The molecule has 0 amide bonds. The maximum absolute atomic E-state index is 6.23. The van der Waals surface area contributed by atoms with Crippen molar-refractivity contribution in [3.63, 3.8) is 0 Å². The van der Waals surface area contributed by atoms with E-state index in [-0.39, 0.29) is 0 Å². The van der Waals surface area contributed by atoms with Crippen LogP contribution in [0.15, 0.2) is 0 Å². The lowest BCUT2D eigenvalue weighted by molar-refractivity contribution is 0.208. The van der Waals surface area contributed by atoms with Crippen LogP contribution in [0.1, 0.15) is 39.4 Å². The molecule has 108 valence electrons. The zero-order valence-electron chi connectivity index (χ0n) is 12.8. The van der Waals surface area contributed by atoms with Gasteiger partial charge in [0.25, 0.3) is 0 Å². The Morgan fingerprint density at radius 1 is 1.00 bits per heavy atom. The predicted octanol–water partition coefficient (Wildman–Crippen LogP) is 1.89. The van der Waals surface area contributed by atoms with Gasteiger partial charge in [0, 0.05) is 38.3 Å². The van der Waals surface area contributed by atoms with Crippen molar-refractivity contribution in [2.24, 2.45) is 0 Å². The minimum atomic E-state index is 0.342. The third kappa shape index (κ3) is 2.71. The molecule has 0 saturated carbocycles. The molecule has 1 aliphatic rings. The van der Waals surface area contributed by atoms with E-state index >= 15 is 0 Å². The van der Waals surface area contributed by atoms with Crippen molar-refractivity contribution >= 4 is 11.5 Å². The summed E-state index contributed by atoms with van der Waals surface area (Å²) in [7, 11) is 0. The van der Waals surface area contributed by atoms with Crippen LogP contribution in [-0.4, -0.2) is 46.9 Å². The molecule has 0 atom stereocenters. The van der Waals surface area contributed by atoms with Gasteiger partial charge >= 0.3 is 0 Å². The van der Waals surface area contributed by atoms with Crippen molar-refractivity contribution in [1.82, 2.24) is 14.7 Å². The Labute approximate surface area is 116 Å². The third-order valence-electron chi connectivity index (χ3n) is 3.94. The lowest BCUT2D eigenvalue weighted by Crippen LogP contribution is -2.49. The fraction of sp³-hybridized carbons (Fsp3) is 0.786. The molecule has 0 unspecified atom stereocenters. The number of aromatic nitrogens is 2. The lowest BCUT2D eigenvalue weighted by Gasteiger charge is -2.38. The molecule has 0 aromatic carbocycles. The Morgan fingerprint density at radius 2 is 1.58 bits per heavy atom. The highest BCUT2D eigenvalue weighted by Crippen LogP contribution is 2.30. The molecular formula is C14H27N5. The normalized spacial score (nSPS) is 17.7. The zero-order chi connectivity index (χ0) is 14.2. The fourth-order valence-electron chi connectivity index (χ4n) is 2.67. The molecule has 0 spiro atoms. The first kappa shape index (κ1) is 14.2. The Bertz CT molecular complexity index is 427. The number of rotatable bonds is 3. The van der Waals surface area contributed by atoms with Gasteiger partial charge in [-0.3, -0.25) is 4.90 Å². The van der Waals surface area contributed by atoms with Gasteiger partial charge in [-0.1, -0.05) is 0 Å². The Kier molecular flexibility index (Phi) is 4.04. The molecule has 1 aromatic heterocycles. The van der Waals surface area contributed by atoms with Crippen molar-refractivity contribution in [1.29, 1.82) is 0 Å². The van der Waals surface area contributed by atoms with Crippen LogP contribution in [0.2, 0.25) is 0 Å². The first-order valence-electron chi connectivity index (χ1n) is 7.25. The van der Waals surface area contributed by atoms with Crippen molar-refractivity contribution in [3.05, 3.63) is 5.69 Å². The SMILES string of the molecule is Cc1nn(C(C)C)c(N2CCN(C(C)C)CC2)c1N. The fourth-order valence-corrected chi connectivity index (χ4v) is 2.67. The summed E-state index contributed by atoms with van der Waals surface area (Å²) in [4.78, 5) is 4.89. The van der Waals surface area contributed by atoms with Gasteiger partial charge in [-0.05, 0) is 34.6 Å². The summed E-state index contributed by atoms with van der Waals surface area (Å²) >= 11 is 0. The minimum absolute atomic E-state index is 0.342. The van der Waals surface area contributed by atoms with E-state index in [0.29, 0.717) is 12.1 Å². The molecule has 5 heteroatoms. The molecule has 2 rings (SSSR count). The summed E-state index contributed by atoms with van der Waals surface area (Å²) in [5, 5.41) is 4.58. The van der Waals surface area contributed by atoms with Crippen LogP contribution in [0.25, 0.3) is 0 Å². The van der Waals surface area contributed by atoms with Gasteiger partial charge in [0.05, 0.1) is 11.4 Å². The van der Waals surface area contributed by atoms with Crippen LogP contribution in [-0.2, 0) is 0 Å². The highest BCUT2D eigenvalue weighted by atomic mass is 15.4. The van der Waals surface area contributed by atoms with Crippen LogP contribution >= 0.6 is 0 Å². The highest BCUT2D eigenvalue weighted by molar-refractivity contribution is 5.66. The number of hydrogen-bond donors (Lipinski definition) is 1. The van der Waals surface area contributed by atoms with Crippen LogP contribution < -0.4 is 10.6 Å². The van der Waals surface area contributed by atoms with Gasteiger partial charge in [-0.25, -0.2) is 4.68 Å². The second-order valence-corrected chi connectivity index (χ2v) is 5.98. The number of piperazine rings is 1. The molecule has 0 radical (unpaired) electrons. The van der Waals surface area contributed by atoms with Crippen molar-refractivity contribution in [2.75, 3.05) is 36.8 Å². The molecule has 1 fully saturated rings. The standard InChI is InChI=1S/C14H27N5/c1-10(2)17-6-8-18(9-7-17)14-13(15)12(5)16-19(14)11(3)4/h10-11H,6-9,15H2,1-5H3. The van der Waals surface area contributed by atoms with E-state index in [4.69, 9.17) is 5.73 Å². The Balaban J connectivity index is 2.19. The monoisotopic (exact) mass is 265 g/mol. The molecule has 0 aliphatic carbocycles. The zero-order valence-corrected chi connectivity index (χ0v) is 12.8. The minimum Gasteiger partial charge on any atom is -0.394 e. The van der Waals surface area contributed by atoms with Gasteiger partial charge in [0.15, 0.2) is 5.82 Å². The van der Waals surface area contributed by atoms with Crippen LogP contribution in [0.4, 0.5) is 11.5 Å². The maximum Gasteiger partial charge on any atom is 0.151 e. The van der Waals surface area contributed by atoms with E-state index in [9.17, 15) is 0 Å². The number of hydrogen-bond acceptors (Lipinski definition) is 4. The molecule has 0 bridgehead atoms.